The normalized spacial score (nSPS) is 12.2. The van der Waals surface area contributed by atoms with E-state index in [0.29, 0.717) is 6.54 Å². The lowest BCUT2D eigenvalue weighted by Gasteiger charge is -2.16. The van der Waals surface area contributed by atoms with Gasteiger partial charge in [0.2, 0.25) is 5.91 Å². The van der Waals surface area contributed by atoms with Crippen molar-refractivity contribution < 1.29 is 4.79 Å². The topological polar surface area (TPSA) is 77.1 Å². The first-order valence-corrected chi connectivity index (χ1v) is 11.4. The summed E-state index contributed by atoms with van der Waals surface area (Å²) < 4.78 is 4.15. The highest BCUT2D eigenvalue weighted by Crippen LogP contribution is 2.28. The summed E-state index contributed by atoms with van der Waals surface area (Å²) in [6.45, 7) is 6.71. The van der Waals surface area contributed by atoms with Crippen LogP contribution in [0, 0.1) is 6.92 Å². The van der Waals surface area contributed by atoms with Crippen molar-refractivity contribution >= 4 is 23.3 Å². The number of carbonyl (C=O) groups excluding carboxylic acids is 1. The Kier molecular flexibility index (Phi) is 6.36. The van der Waals surface area contributed by atoms with E-state index in [9.17, 15) is 4.79 Å². The van der Waals surface area contributed by atoms with Crippen molar-refractivity contribution in [1.82, 2.24) is 29.5 Å². The summed E-state index contributed by atoms with van der Waals surface area (Å²) in [4.78, 5) is 17.0. The minimum atomic E-state index is -0.0567. The maximum atomic E-state index is 12.5. The average Bonchev–Trinajstić information content (AvgIpc) is 3.41. The van der Waals surface area contributed by atoms with Crippen molar-refractivity contribution in [2.24, 2.45) is 0 Å². The Labute approximate surface area is 185 Å². The number of hydrogen-bond donors (Lipinski definition) is 1. The van der Waals surface area contributed by atoms with Gasteiger partial charge in [-0.15, -0.1) is 10.2 Å². The zero-order valence-electron chi connectivity index (χ0n) is 17.9. The molecule has 3 heterocycles. The van der Waals surface area contributed by atoms with Crippen LogP contribution >= 0.6 is 11.8 Å². The molecule has 3 aromatic heterocycles. The fraction of sp³-hybridized carbons (Fsp3) is 0.304. The van der Waals surface area contributed by atoms with E-state index >= 15 is 0 Å². The van der Waals surface area contributed by atoms with Gasteiger partial charge >= 0.3 is 0 Å². The third-order valence-corrected chi connectivity index (χ3v) is 6.22. The number of thioether (sulfide) groups is 1. The van der Waals surface area contributed by atoms with Crippen LogP contribution in [-0.2, 0) is 11.3 Å². The van der Waals surface area contributed by atoms with Crippen LogP contribution < -0.4 is 5.32 Å². The molecule has 1 N–H and O–H groups in total. The standard InChI is InChI=1S/C23H26N6OS/c1-4-16(2)29-22(18-10-6-5-7-11-18)26-27-23(29)31-15-21(30)24-13-19-14-28-17(3)9-8-12-20(28)25-19/h5-12,14,16H,4,13,15H2,1-3H3,(H,24,30). The number of aromatic nitrogens is 5. The van der Waals surface area contributed by atoms with Gasteiger partial charge in [0.15, 0.2) is 11.0 Å². The second-order valence-electron chi connectivity index (χ2n) is 7.49. The van der Waals surface area contributed by atoms with Crippen LogP contribution in [0.4, 0.5) is 0 Å². The summed E-state index contributed by atoms with van der Waals surface area (Å²) in [7, 11) is 0. The summed E-state index contributed by atoms with van der Waals surface area (Å²) in [5, 5.41) is 12.5. The number of pyridine rings is 1. The van der Waals surface area contributed by atoms with Gasteiger partial charge in [0.05, 0.1) is 18.0 Å². The maximum Gasteiger partial charge on any atom is 0.230 e. The van der Waals surface area contributed by atoms with E-state index in [-0.39, 0.29) is 17.7 Å². The number of carbonyl (C=O) groups is 1. The molecule has 0 bridgehead atoms. The summed E-state index contributed by atoms with van der Waals surface area (Å²) in [6, 6.07) is 16.2. The summed E-state index contributed by atoms with van der Waals surface area (Å²) >= 11 is 1.41. The van der Waals surface area contributed by atoms with E-state index < -0.39 is 0 Å². The quantitative estimate of drug-likeness (QED) is 0.419. The van der Waals surface area contributed by atoms with Gasteiger partial charge in [0.1, 0.15) is 5.65 Å². The Hall–Kier alpha value is -3.13. The van der Waals surface area contributed by atoms with Crippen molar-refractivity contribution in [2.75, 3.05) is 5.75 Å². The van der Waals surface area contributed by atoms with Crippen molar-refractivity contribution in [3.05, 3.63) is 66.1 Å². The number of fused-ring (bicyclic) bond motifs is 1. The Morgan fingerprint density at radius 2 is 1.94 bits per heavy atom. The Bertz CT molecular complexity index is 1180. The molecule has 0 aliphatic heterocycles. The van der Waals surface area contributed by atoms with Crippen molar-refractivity contribution in [1.29, 1.82) is 0 Å². The number of nitrogens with zero attached hydrogens (tertiary/aromatic N) is 5. The largest absolute Gasteiger partial charge is 0.350 e. The number of amides is 1. The molecule has 0 radical (unpaired) electrons. The molecule has 7 nitrogen and oxygen atoms in total. The molecule has 0 saturated carbocycles. The molecule has 160 valence electrons. The predicted molar refractivity (Wildman–Crippen MR) is 123 cm³/mol. The first-order valence-electron chi connectivity index (χ1n) is 10.4. The second kappa shape index (κ2) is 9.34. The van der Waals surface area contributed by atoms with Gasteiger partial charge in [0, 0.05) is 23.5 Å². The van der Waals surface area contributed by atoms with Crippen molar-refractivity contribution in [3.63, 3.8) is 0 Å². The van der Waals surface area contributed by atoms with Gasteiger partial charge in [-0.2, -0.15) is 0 Å². The predicted octanol–water partition coefficient (Wildman–Crippen LogP) is 4.28. The SMILES string of the molecule is CCC(C)n1c(SCC(=O)NCc2cn3c(C)cccc3n2)nnc1-c1ccccc1. The molecule has 0 spiro atoms. The number of rotatable bonds is 8. The van der Waals surface area contributed by atoms with Crippen molar-refractivity contribution in [2.45, 2.75) is 44.9 Å². The number of nitrogens with one attached hydrogen (secondary N) is 1. The minimum absolute atomic E-state index is 0.0567. The van der Waals surface area contributed by atoms with E-state index in [0.717, 1.165) is 40.0 Å². The highest BCUT2D eigenvalue weighted by molar-refractivity contribution is 7.99. The molecular weight excluding hydrogens is 408 g/mol. The van der Waals surface area contributed by atoms with Crippen LogP contribution in [0.1, 0.15) is 37.7 Å². The third-order valence-electron chi connectivity index (χ3n) is 5.27. The van der Waals surface area contributed by atoms with E-state index in [4.69, 9.17) is 0 Å². The fourth-order valence-corrected chi connectivity index (χ4v) is 4.26. The molecule has 31 heavy (non-hydrogen) atoms. The lowest BCUT2D eigenvalue weighted by atomic mass is 10.2. The molecular formula is C23H26N6OS. The van der Waals surface area contributed by atoms with Gasteiger partial charge in [-0.05, 0) is 32.4 Å². The van der Waals surface area contributed by atoms with Crippen LogP contribution in [0.5, 0.6) is 0 Å². The Balaban J connectivity index is 1.41. The number of hydrogen-bond acceptors (Lipinski definition) is 5. The highest BCUT2D eigenvalue weighted by atomic mass is 32.2. The molecule has 4 aromatic rings. The molecule has 1 aromatic carbocycles. The van der Waals surface area contributed by atoms with Gasteiger partial charge in [-0.1, -0.05) is 55.1 Å². The molecule has 0 aliphatic rings. The summed E-state index contributed by atoms with van der Waals surface area (Å²) in [5.74, 6) is 1.05. The van der Waals surface area contributed by atoms with Gasteiger partial charge < -0.3 is 9.72 Å². The molecule has 4 rings (SSSR count). The fourth-order valence-electron chi connectivity index (χ4n) is 3.39. The van der Waals surface area contributed by atoms with E-state index in [2.05, 4.69) is 38.9 Å². The van der Waals surface area contributed by atoms with Gasteiger partial charge in [0.25, 0.3) is 0 Å². The number of benzene rings is 1. The van der Waals surface area contributed by atoms with Crippen LogP contribution in [0.25, 0.3) is 17.0 Å². The van der Waals surface area contributed by atoms with Crippen molar-refractivity contribution in [3.8, 4) is 11.4 Å². The van der Waals surface area contributed by atoms with Crippen LogP contribution in [0.15, 0.2) is 59.9 Å². The van der Waals surface area contributed by atoms with Gasteiger partial charge in [-0.25, -0.2) is 4.98 Å². The summed E-state index contributed by atoms with van der Waals surface area (Å²) in [6.07, 6.45) is 2.91. The van der Waals surface area contributed by atoms with E-state index in [1.54, 1.807) is 0 Å². The first kappa shape index (κ1) is 21.1. The average molecular weight is 435 g/mol. The zero-order valence-corrected chi connectivity index (χ0v) is 18.8. The molecule has 0 fully saturated rings. The van der Waals surface area contributed by atoms with Crippen LogP contribution in [-0.4, -0.2) is 35.8 Å². The zero-order chi connectivity index (χ0) is 21.8. The van der Waals surface area contributed by atoms with Crippen LogP contribution in [0.2, 0.25) is 0 Å². The maximum absolute atomic E-state index is 12.5. The Morgan fingerprint density at radius 3 is 2.68 bits per heavy atom. The number of imidazole rings is 1. The van der Waals surface area contributed by atoms with E-state index in [1.165, 1.54) is 11.8 Å². The third kappa shape index (κ3) is 4.64. The minimum Gasteiger partial charge on any atom is -0.350 e. The molecule has 1 unspecified atom stereocenters. The molecule has 0 aliphatic carbocycles. The van der Waals surface area contributed by atoms with E-state index in [1.807, 2.05) is 66.1 Å². The highest BCUT2D eigenvalue weighted by Gasteiger charge is 2.19. The second-order valence-corrected chi connectivity index (χ2v) is 8.43. The van der Waals surface area contributed by atoms with Gasteiger partial charge in [-0.3, -0.25) is 9.36 Å². The molecule has 1 amide bonds. The lowest BCUT2D eigenvalue weighted by Crippen LogP contribution is -2.25. The molecule has 0 saturated heterocycles. The molecule has 1 atom stereocenters. The number of aryl methyl sites for hydroxylation is 1. The summed E-state index contributed by atoms with van der Waals surface area (Å²) in [5.41, 5.74) is 3.85. The smallest absolute Gasteiger partial charge is 0.230 e. The Morgan fingerprint density at radius 1 is 1.13 bits per heavy atom. The monoisotopic (exact) mass is 434 g/mol. The molecule has 8 heteroatoms. The lowest BCUT2D eigenvalue weighted by molar-refractivity contribution is -0.118. The van der Waals surface area contributed by atoms with Crippen LogP contribution in [0.3, 0.4) is 0 Å². The first-order chi connectivity index (χ1) is 15.1.